The number of para-hydroxylation sites is 2. The summed E-state index contributed by atoms with van der Waals surface area (Å²) in [6, 6.07) is 9.42. The number of epoxide rings is 1. The Morgan fingerprint density at radius 3 is 2.63 bits per heavy atom. The monoisotopic (exact) mass is 261 g/mol. The van der Waals surface area contributed by atoms with Crippen LogP contribution in [0.2, 0.25) is 0 Å². The van der Waals surface area contributed by atoms with Crippen LogP contribution in [0.25, 0.3) is 0 Å². The Kier molecular flexibility index (Phi) is 3.37. The summed E-state index contributed by atoms with van der Waals surface area (Å²) in [7, 11) is 0. The van der Waals surface area contributed by atoms with Gasteiger partial charge in [-0.2, -0.15) is 0 Å². The quantitative estimate of drug-likeness (QED) is 0.747. The minimum absolute atomic E-state index is 0.228. The van der Waals surface area contributed by atoms with E-state index in [0.29, 0.717) is 19.0 Å². The van der Waals surface area contributed by atoms with E-state index in [0.717, 1.165) is 23.8 Å². The van der Waals surface area contributed by atoms with Gasteiger partial charge in [-0.25, -0.2) is 0 Å². The molecule has 2 heterocycles. The summed E-state index contributed by atoms with van der Waals surface area (Å²) in [6.45, 7) is 3.55. The van der Waals surface area contributed by atoms with E-state index in [4.69, 9.17) is 18.7 Å². The molecule has 5 heteroatoms. The van der Waals surface area contributed by atoms with Crippen molar-refractivity contribution in [1.82, 2.24) is 5.16 Å². The van der Waals surface area contributed by atoms with Gasteiger partial charge < -0.3 is 18.7 Å². The molecule has 1 aromatic heterocycles. The third kappa shape index (κ3) is 3.26. The fourth-order valence-electron chi connectivity index (χ4n) is 1.67. The van der Waals surface area contributed by atoms with E-state index in [2.05, 4.69) is 5.16 Å². The molecule has 0 aliphatic carbocycles. The molecule has 100 valence electrons. The van der Waals surface area contributed by atoms with Crippen LogP contribution in [0.4, 0.5) is 0 Å². The number of ether oxygens (including phenoxy) is 3. The van der Waals surface area contributed by atoms with E-state index < -0.39 is 0 Å². The zero-order valence-electron chi connectivity index (χ0n) is 10.7. The SMILES string of the molecule is Cc1cc(COc2ccccc2OCC2CO2)no1. The van der Waals surface area contributed by atoms with E-state index in [1.165, 1.54) is 0 Å². The molecule has 1 unspecified atom stereocenters. The molecule has 19 heavy (non-hydrogen) atoms. The van der Waals surface area contributed by atoms with Gasteiger partial charge in [0, 0.05) is 6.07 Å². The topological polar surface area (TPSA) is 57.0 Å². The first-order valence-electron chi connectivity index (χ1n) is 6.20. The highest BCUT2D eigenvalue weighted by atomic mass is 16.6. The third-order valence-electron chi connectivity index (χ3n) is 2.73. The Morgan fingerprint density at radius 1 is 1.26 bits per heavy atom. The maximum absolute atomic E-state index is 5.70. The van der Waals surface area contributed by atoms with Gasteiger partial charge in [-0.05, 0) is 19.1 Å². The lowest BCUT2D eigenvalue weighted by Crippen LogP contribution is -2.05. The Balaban J connectivity index is 1.62. The van der Waals surface area contributed by atoms with Crippen LogP contribution >= 0.6 is 0 Å². The molecule has 5 nitrogen and oxygen atoms in total. The second-order valence-electron chi connectivity index (χ2n) is 4.43. The number of hydrogen-bond acceptors (Lipinski definition) is 5. The minimum Gasteiger partial charge on any atom is -0.487 e. The van der Waals surface area contributed by atoms with Gasteiger partial charge in [0.15, 0.2) is 11.5 Å². The van der Waals surface area contributed by atoms with Crippen molar-refractivity contribution in [3.63, 3.8) is 0 Å². The number of benzene rings is 1. The van der Waals surface area contributed by atoms with Crippen molar-refractivity contribution in [2.75, 3.05) is 13.2 Å². The second-order valence-corrected chi connectivity index (χ2v) is 4.43. The van der Waals surface area contributed by atoms with Gasteiger partial charge in [-0.15, -0.1) is 0 Å². The van der Waals surface area contributed by atoms with Crippen molar-refractivity contribution in [2.45, 2.75) is 19.6 Å². The van der Waals surface area contributed by atoms with Crippen LogP contribution in [0, 0.1) is 6.92 Å². The van der Waals surface area contributed by atoms with Gasteiger partial charge in [0.1, 0.15) is 30.8 Å². The van der Waals surface area contributed by atoms with E-state index >= 15 is 0 Å². The summed E-state index contributed by atoms with van der Waals surface area (Å²) in [6.07, 6.45) is 0.228. The number of rotatable bonds is 6. The summed E-state index contributed by atoms with van der Waals surface area (Å²) < 4.78 is 21.5. The van der Waals surface area contributed by atoms with Gasteiger partial charge in [-0.1, -0.05) is 17.3 Å². The van der Waals surface area contributed by atoms with Gasteiger partial charge in [-0.3, -0.25) is 0 Å². The summed E-state index contributed by atoms with van der Waals surface area (Å²) in [5, 5.41) is 3.88. The van der Waals surface area contributed by atoms with Gasteiger partial charge in [0.05, 0.1) is 6.61 Å². The van der Waals surface area contributed by atoms with Crippen LogP contribution in [-0.2, 0) is 11.3 Å². The van der Waals surface area contributed by atoms with Crippen molar-refractivity contribution in [1.29, 1.82) is 0 Å². The molecule has 1 saturated heterocycles. The maximum atomic E-state index is 5.70. The largest absolute Gasteiger partial charge is 0.487 e. The molecular weight excluding hydrogens is 246 g/mol. The highest BCUT2D eigenvalue weighted by Crippen LogP contribution is 2.28. The van der Waals surface area contributed by atoms with Gasteiger partial charge >= 0.3 is 0 Å². The van der Waals surface area contributed by atoms with Crippen molar-refractivity contribution >= 4 is 0 Å². The van der Waals surface area contributed by atoms with E-state index in [1.54, 1.807) is 0 Å². The first kappa shape index (κ1) is 12.0. The molecule has 0 saturated carbocycles. The first-order chi connectivity index (χ1) is 9.31. The molecule has 0 radical (unpaired) electrons. The Morgan fingerprint density at radius 2 is 2.00 bits per heavy atom. The molecule has 0 amide bonds. The standard InChI is InChI=1S/C14H15NO4/c1-10-6-11(15-19-10)7-17-13-4-2-3-5-14(13)18-9-12-8-16-12/h2-6,12H,7-9H2,1H3. The normalized spacial score (nSPS) is 17.2. The van der Waals surface area contributed by atoms with Crippen molar-refractivity contribution < 1.29 is 18.7 Å². The smallest absolute Gasteiger partial charge is 0.161 e. The van der Waals surface area contributed by atoms with E-state index in [1.807, 2.05) is 37.3 Å². The summed E-state index contributed by atoms with van der Waals surface area (Å²) in [5.41, 5.74) is 0.762. The molecule has 2 aromatic rings. The molecule has 1 aliphatic heterocycles. The van der Waals surface area contributed by atoms with Crippen LogP contribution in [0.3, 0.4) is 0 Å². The molecule has 1 aromatic carbocycles. The number of hydrogen-bond donors (Lipinski definition) is 0. The molecule has 0 spiro atoms. The fourth-order valence-corrected chi connectivity index (χ4v) is 1.67. The minimum atomic E-state index is 0.228. The molecule has 0 bridgehead atoms. The number of aryl methyl sites for hydroxylation is 1. The van der Waals surface area contributed by atoms with E-state index in [-0.39, 0.29) is 6.10 Å². The number of aromatic nitrogens is 1. The molecule has 1 aliphatic rings. The maximum Gasteiger partial charge on any atom is 0.161 e. The lowest BCUT2D eigenvalue weighted by molar-refractivity contribution is 0.234. The van der Waals surface area contributed by atoms with Crippen molar-refractivity contribution in [2.24, 2.45) is 0 Å². The first-order valence-corrected chi connectivity index (χ1v) is 6.20. The highest BCUT2D eigenvalue weighted by molar-refractivity contribution is 5.39. The Hall–Kier alpha value is -2.01. The van der Waals surface area contributed by atoms with E-state index in [9.17, 15) is 0 Å². The predicted molar refractivity (Wildman–Crippen MR) is 67.2 cm³/mol. The van der Waals surface area contributed by atoms with Crippen LogP contribution in [0.5, 0.6) is 11.5 Å². The Labute approximate surface area is 111 Å². The lowest BCUT2D eigenvalue weighted by Gasteiger charge is -2.10. The summed E-state index contributed by atoms with van der Waals surface area (Å²) >= 11 is 0. The highest BCUT2D eigenvalue weighted by Gasteiger charge is 2.23. The molecule has 1 atom stereocenters. The zero-order valence-corrected chi connectivity index (χ0v) is 10.7. The van der Waals surface area contributed by atoms with Gasteiger partial charge in [0.25, 0.3) is 0 Å². The van der Waals surface area contributed by atoms with Crippen molar-refractivity contribution in [3.8, 4) is 11.5 Å². The van der Waals surface area contributed by atoms with Crippen LogP contribution in [-0.4, -0.2) is 24.5 Å². The average molecular weight is 261 g/mol. The molecule has 3 rings (SSSR count). The lowest BCUT2D eigenvalue weighted by atomic mass is 10.3. The van der Waals surface area contributed by atoms with Crippen LogP contribution in [0.15, 0.2) is 34.9 Å². The van der Waals surface area contributed by atoms with Crippen LogP contribution < -0.4 is 9.47 Å². The predicted octanol–water partition coefficient (Wildman–Crippen LogP) is 2.34. The fraction of sp³-hybridized carbons (Fsp3) is 0.357. The molecule has 1 fully saturated rings. The summed E-state index contributed by atoms with van der Waals surface area (Å²) in [5.74, 6) is 2.19. The molecule has 0 N–H and O–H groups in total. The Bertz CT molecular complexity index is 548. The second kappa shape index (κ2) is 5.32. The van der Waals surface area contributed by atoms with Gasteiger partial charge in [0.2, 0.25) is 0 Å². The number of nitrogens with zero attached hydrogens (tertiary/aromatic N) is 1. The summed E-state index contributed by atoms with van der Waals surface area (Å²) in [4.78, 5) is 0. The van der Waals surface area contributed by atoms with Crippen LogP contribution in [0.1, 0.15) is 11.5 Å². The van der Waals surface area contributed by atoms with Crippen molar-refractivity contribution in [3.05, 3.63) is 41.8 Å². The zero-order chi connectivity index (χ0) is 13.1. The third-order valence-corrected chi connectivity index (χ3v) is 2.73. The molecular formula is C14H15NO4. The average Bonchev–Trinajstić information content (AvgIpc) is 3.17.